The van der Waals surface area contributed by atoms with E-state index >= 15 is 0 Å². The van der Waals surface area contributed by atoms with Crippen LogP contribution >= 0.6 is 34.4 Å². The number of thiophene rings is 2. The third kappa shape index (κ3) is 4.44. The van der Waals surface area contributed by atoms with Crippen molar-refractivity contribution in [1.29, 1.82) is 0 Å². The number of benzene rings is 1. The molecule has 0 fully saturated rings. The van der Waals surface area contributed by atoms with Crippen molar-refractivity contribution in [3.05, 3.63) is 69.7 Å². The van der Waals surface area contributed by atoms with Gasteiger partial charge >= 0.3 is 0 Å². The van der Waals surface area contributed by atoms with Gasteiger partial charge in [0.1, 0.15) is 27.2 Å². The quantitative estimate of drug-likeness (QED) is 0.317. The lowest BCUT2D eigenvalue weighted by atomic mass is 10.1. The lowest BCUT2D eigenvalue weighted by Crippen LogP contribution is -2.37. The van der Waals surface area contributed by atoms with Gasteiger partial charge in [-0.2, -0.15) is 31.4 Å². The monoisotopic (exact) mass is 468 g/mol. The Hall–Kier alpha value is -1.65. The van der Waals surface area contributed by atoms with E-state index in [4.69, 9.17) is 0 Å². The standard InChI is InChI=1S/C22H24N2S3Si2/c1-28(2,19-7-5-13-25-19)15-11-17-9-10-18(22-21(17)23-27-24-22)12-16-29(3,4)20-8-6-14-26-20/h5-16H,1-4H3/b15-11+,16-12+. The Morgan fingerprint density at radius 1 is 0.690 bits per heavy atom. The third-order valence-electron chi connectivity index (χ3n) is 5.15. The van der Waals surface area contributed by atoms with Crippen LogP contribution in [0.15, 0.2) is 58.6 Å². The molecule has 0 aliphatic heterocycles. The number of aromatic nitrogens is 2. The van der Waals surface area contributed by atoms with Crippen molar-refractivity contribution >= 4 is 82.7 Å². The molecule has 0 saturated carbocycles. The van der Waals surface area contributed by atoms with E-state index in [0.717, 1.165) is 22.2 Å². The van der Waals surface area contributed by atoms with Crippen LogP contribution in [-0.4, -0.2) is 24.9 Å². The van der Waals surface area contributed by atoms with E-state index in [1.165, 1.54) is 20.7 Å². The Morgan fingerprint density at radius 3 is 1.52 bits per heavy atom. The molecule has 7 heteroatoms. The molecule has 3 heterocycles. The van der Waals surface area contributed by atoms with Crippen LogP contribution in [0.3, 0.4) is 0 Å². The van der Waals surface area contributed by atoms with Gasteiger partial charge in [0.2, 0.25) is 0 Å². The lowest BCUT2D eigenvalue weighted by Gasteiger charge is -2.15. The van der Waals surface area contributed by atoms with Crippen molar-refractivity contribution in [3.63, 3.8) is 0 Å². The van der Waals surface area contributed by atoms with Crippen molar-refractivity contribution in [2.75, 3.05) is 0 Å². The van der Waals surface area contributed by atoms with Crippen LogP contribution in [0.25, 0.3) is 23.2 Å². The van der Waals surface area contributed by atoms with Crippen LogP contribution in [0.1, 0.15) is 11.1 Å². The predicted molar refractivity (Wildman–Crippen MR) is 138 cm³/mol. The molecule has 0 amide bonds. The topological polar surface area (TPSA) is 25.8 Å². The minimum atomic E-state index is -1.58. The molecule has 2 nitrogen and oxygen atoms in total. The van der Waals surface area contributed by atoms with E-state index in [1.54, 1.807) is 0 Å². The predicted octanol–water partition coefficient (Wildman–Crippen LogP) is 6.15. The summed E-state index contributed by atoms with van der Waals surface area (Å²) in [6, 6.07) is 13.2. The highest BCUT2D eigenvalue weighted by atomic mass is 32.1. The van der Waals surface area contributed by atoms with E-state index in [9.17, 15) is 0 Å². The highest BCUT2D eigenvalue weighted by Gasteiger charge is 2.22. The van der Waals surface area contributed by atoms with Crippen LogP contribution in [0.4, 0.5) is 0 Å². The first kappa shape index (κ1) is 20.6. The Morgan fingerprint density at radius 2 is 1.14 bits per heavy atom. The van der Waals surface area contributed by atoms with Crippen molar-refractivity contribution < 1.29 is 0 Å². The maximum Gasteiger partial charge on any atom is 0.117 e. The molecule has 1 aromatic carbocycles. The normalized spacial score (nSPS) is 13.2. The lowest BCUT2D eigenvalue weighted by molar-refractivity contribution is 1.59. The molecule has 0 saturated heterocycles. The van der Waals surface area contributed by atoms with Gasteiger partial charge in [0.15, 0.2) is 0 Å². The maximum atomic E-state index is 4.61. The first-order chi connectivity index (χ1) is 13.9. The molecule has 0 aliphatic carbocycles. The molecule has 0 aliphatic rings. The average molecular weight is 469 g/mol. The second kappa shape index (κ2) is 8.24. The van der Waals surface area contributed by atoms with Crippen LogP contribution < -0.4 is 9.00 Å². The summed E-state index contributed by atoms with van der Waals surface area (Å²) in [4.78, 5) is 0. The SMILES string of the molecule is C[Si](C)(/C=C/c1ccc(/C=C/[Si](C)(C)c2cccs2)c2nsnc12)c1cccs1. The smallest absolute Gasteiger partial charge is 0.117 e. The van der Waals surface area contributed by atoms with Crippen LogP contribution in [0, 0.1) is 0 Å². The number of fused-ring (bicyclic) bond motifs is 1. The summed E-state index contributed by atoms with van der Waals surface area (Å²) in [5, 5.41) is 4.34. The zero-order valence-corrected chi connectivity index (χ0v) is 21.5. The molecule has 3 aromatic heterocycles. The molecular formula is C22H24N2S3Si2. The van der Waals surface area contributed by atoms with Crippen molar-refractivity contribution in [2.24, 2.45) is 0 Å². The average Bonchev–Trinajstić information content (AvgIpc) is 3.46. The highest BCUT2D eigenvalue weighted by molar-refractivity contribution is 7.26. The molecule has 4 aromatic rings. The molecule has 0 spiro atoms. The molecule has 0 unspecified atom stereocenters. The molecule has 0 N–H and O–H groups in total. The number of hydrogen-bond donors (Lipinski definition) is 0. The molecular weight excluding hydrogens is 445 g/mol. The Labute approximate surface area is 186 Å². The summed E-state index contributed by atoms with van der Waals surface area (Å²) in [7, 11) is -3.15. The fraction of sp³-hybridized carbons (Fsp3) is 0.182. The highest BCUT2D eigenvalue weighted by Crippen LogP contribution is 2.25. The zero-order valence-electron chi connectivity index (χ0n) is 17.0. The van der Waals surface area contributed by atoms with Crippen LogP contribution in [0.2, 0.25) is 26.2 Å². The van der Waals surface area contributed by atoms with E-state index in [1.807, 2.05) is 22.7 Å². The van der Waals surface area contributed by atoms with Crippen molar-refractivity contribution in [2.45, 2.75) is 26.2 Å². The largest absolute Gasteiger partial charge is 0.172 e. The van der Waals surface area contributed by atoms with Gasteiger partial charge in [0, 0.05) is 11.1 Å². The van der Waals surface area contributed by atoms with Gasteiger partial charge in [-0.05, 0) is 19.8 Å². The van der Waals surface area contributed by atoms with Crippen molar-refractivity contribution in [1.82, 2.24) is 8.75 Å². The molecule has 29 heavy (non-hydrogen) atoms. The minimum absolute atomic E-state index is 1.01. The number of rotatable bonds is 6. The van der Waals surface area contributed by atoms with Gasteiger partial charge in [-0.1, -0.05) is 86.1 Å². The molecule has 148 valence electrons. The van der Waals surface area contributed by atoms with Crippen molar-refractivity contribution in [3.8, 4) is 0 Å². The van der Waals surface area contributed by atoms with E-state index in [0.29, 0.717) is 0 Å². The Balaban J connectivity index is 1.64. The van der Waals surface area contributed by atoms with Gasteiger partial charge in [-0.3, -0.25) is 0 Å². The molecule has 4 rings (SSSR count). The summed E-state index contributed by atoms with van der Waals surface area (Å²) < 4.78 is 12.2. The Bertz CT molecular complexity index is 1060. The zero-order chi connectivity index (χ0) is 20.5. The van der Waals surface area contributed by atoms with Gasteiger partial charge < -0.3 is 0 Å². The second-order valence-corrected chi connectivity index (χ2v) is 20.0. The van der Waals surface area contributed by atoms with E-state index in [2.05, 4.69) is 106 Å². The van der Waals surface area contributed by atoms with Crippen LogP contribution in [0.5, 0.6) is 0 Å². The first-order valence-corrected chi connectivity index (χ1v) is 18.2. The number of nitrogens with zero attached hydrogens (tertiary/aromatic N) is 2. The van der Waals surface area contributed by atoms with Gasteiger partial charge in [-0.15, -0.1) is 0 Å². The third-order valence-corrected chi connectivity index (χ3v) is 15.8. The Kier molecular flexibility index (Phi) is 5.86. The van der Waals surface area contributed by atoms with Gasteiger partial charge in [0.25, 0.3) is 0 Å². The molecule has 0 bridgehead atoms. The fourth-order valence-electron chi connectivity index (χ4n) is 3.22. The summed E-state index contributed by atoms with van der Waals surface area (Å²) in [5.74, 6) is 0. The first-order valence-electron chi connectivity index (χ1n) is 9.58. The minimum Gasteiger partial charge on any atom is -0.172 e. The molecule has 0 radical (unpaired) electrons. The summed E-state index contributed by atoms with van der Waals surface area (Å²) in [6.07, 6.45) is 4.51. The summed E-state index contributed by atoms with van der Waals surface area (Å²) >= 11 is 5.02. The number of hydrogen-bond acceptors (Lipinski definition) is 5. The fourth-order valence-corrected chi connectivity index (χ4v) is 10.6. The summed E-state index contributed by atoms with van der Waals surface area (Å²) in [5.41, 5.74) is 9.18. The van der Waals surface area contributed by atoms with Crippen LogP contribution in [-0.2, 0) is 0 Å². The molecule has 0 atom stereocenters. The van der Waals surface area contributed by atoms with E-state index < -0.39 is 16.1 Å². The second-order valence-electron chi connectivity index (χ2n) is 8.27. The van der Waals surface area contributed by atoms with Gasteiger partial charge in [0.05, 0.1) is 11.7 Å². The summed E-state index contributed by atoms with van der Waals surface area (Å²) in [6.45, 7) is 9.56. The maximum absolute atomic E-state index is 4.61. The van der Waals surface area contributed by atoms with Gasteiger partial charge in [-0.25, -0.2) is 0 Å². The van der Waals surface area contributed by atoms with E-state index in [-0.39, 0.29) is 0 Å².